The first-order chi connectivity index (χ1) is 8.99. The zero-order chi connectivity index (χ0) is 14.7. The Morgan fingerprint density at radius 2 is 1.53 bits per heavy atom. The van der Waals surface area contributed by atoms with E-state index in [9.17, 15) is 9.59 Å². The van der Waals surface area contributed by atoms with Crippen molar-refractivity contribution < 1.29 is 19.8 Å². The van der Waals surface area contributed by atoms with Crippen LogP contribution in [-0.2, 0) is 9.59 Å². The van der Waals surface area contributed by atoms with Gasteiger partial charge in [-0.2, -0.15) is 0 Å². The molecule has 0 aliphatic rings. The molecule has 1 atom stereocenters. The smallest absolute Gasteiger partial charge is 0.321 e. The van der Waals surface area contributed by atoms with Gasteiger partial charge in [0.15, 0.2) is 0 Å². The van der Waals surface area contributed by atoms with Crippen LogP contribution in [-0.4, -0.2) is 46.7 Å². The van der Waals surface area contributed by atoms with Gasteiger partial charge >= 0.3 is 11.9 Å². The van der Waals surface area contributed by atoms with E-state index in [-0.39, 0.29) is 6.42 Å². The van der Waals surface area contributed by atoms with Gasteiger partial charge in [-0.25, -0.2) is 0 Å². The van der Waals surface area contributed by atoms with E-state index in [0.717, 1.165) is 12.8 Å². The Morgan fingerprint density at radius 3 is 2.00 bits per heavy atom. The summed E-state index contributed by atoms with van der Waals surface area (Å²) in [5, 5.41) is 17.7. The van der Waals surface area contributed by atoms with Crippen LogP contribution in [0.4, 0.5) is 0 Å². The molecule has 0 heterocycles. The monoisotopic (exact) mass is 273 g/mol. The molecule has 0 aromatic rings. The Bertz CT molecular complexity index is 268. The van der Waals surface area contributed by atoms with E-state index in [4.69, 9.17) is 10.2 Å². The molecule has 112 valence electrons. The Hall–Kier alpha value is -1.10. The van der Waals surface area contributed by atoms with Gasteiger partial charge in [0.1, 0.15) is 6.04 Å². The fourth-order valence-corrected chi connectivity index (χ4v) is 2.07. The largest absolute Gasteiger partial charge is 0.481 e. The van der Waals surface area contributed by atoms with Crippen molar-refractivity contribution in [3.63, 3.8) is 0 Å². The number of rotatable bonds is 12. The van der Waals surface area contributed by atoms with E-state index in [1.165, 1.54) is 32.1 Å². The normalized spacial score (nSPS) is 12.6. The second kappa shape index (κ2) is 10.8. The van der Waals surface area contributed by atoms with E-state index in [1.54, 1.807) is 11.9 Å². The van der Waals surface area contributed by atoms with Crippen LogP contribution < -0.4 is 0 Å². The van der Waals surface area contributed by atoms with Crippen molar-refractivity contribution >= 4 is 11.9 Å². The quantitative estimate of drug-likeness (QED) is 0.534. The highest BCUT2D eigenvalue weighted by atomic mass is 16.4. The SMILES string of the molecule is CCCCCCCCCN(C)[C@H](CC(=O)O)C(=O)O. The molecule has 0 aliphatic heterocycles. The molecule has 0 amide bonds. The number of carboxylic acid groups (broad SMARTS) is 2. The van der Waals surface area contributed by atoms with Crippen molar-refractivity contribution in [1.29, 1.82) is 0 Å². The van der Waals surface area contributed by atoms with Crippen LogP contribution in [0.15, 0.2) is 0 Å². The maximum Gasteiger partial charge on any atom is 0.321 e. The van der Waals surface area contributed by atoms with E-state index in [1.807, 2.05) is 0 Å². The van der Waals surface area contributed by atoms with Crippen molar-refractivity contribution in [3.8, 4) is 0 Å². The zero-order valence-electron chi connectivity index (χ0n) is 12.1. The fourth-order valence-electron chi connectivity index (χ4n) is 2.07. The lowest BCUT2D eigenvalue weighted by Gasteiger charge is -2.23. The molecular weight excluding hydrogens is 246 g/mol. The second-order valence-electron chi connectivity index (χ2n) is 5.05. The maximum absolute atomic E-state index is 11.0. The average Bonchev–Trinajstić information content (AvgIpc) is 2.34. The number of hydrogen-bond acceptors (Lipinski definition) is 3. The molecule has 0 rings (SSSR count). The molecule has 0 unspecified atom stereocenters. The van der Waals surface area contributed by atoms with Crippen LogP contribution in [0, 0.1) is 0 Å². The predicted octanol–water partition coefficient (Wildman–Crippen LogP) is 2.60. The number of carboxylic acids is 2. The van der Waals surface area contributed by atoms with Gasteiger partial charge in [0.2, 0.25) is 0 Å². The Labute approximate surface area is 115 Å². The van der Waals surface area contributed by atoms with Gasteiger partial charge in [0.05, 0.1) is 6.42 Å². The molecule has 0 aliphatic carbocycles. The second-order valence-corrected chi connectivity index (χ2v) is 5.05. The summed E-state index contributed by atoms with van der Waals surface area (Å²) in [4.78, 5) is 23.2. The Morgan fingerprint density at radius 1 is 1.00 bits per heavy atom. The first-order valence-electron chi connectivity index (χ1n) is 7.13. The summed E-state index contributed by atoms with van der Waals surface area (Å²) in [5.74, 6) is -2.13. The summed E-state index contributed by atoms with van der Waals surface area (Å²) in [7, 11) is 1.68. The molecular formula is C14H27NO4. The molecule has 5 nitrogen and oxygen atoms in total. The lowest BCUT2D eigenvalue weighted by atomic mass is 10.1. The molecule has 0 radical (unpaired) electrons. The number of unbranched alkanes of at least 4 members (excludes halogenated alkanes) is 6. The molecule has 0 bridgehead atoms. The van der Waals surface area contributed by atoms with Gasteiger partial charge in [-0.15, -0.1) is 0 Å². The van der Waals surface area contributed by atoms with E-state index in [2.05, 4.69) is 6.92 Å². The minimum absolute atomic E-state index is 0.345. The molecule has 0 spiro atoms. The minimum atomic E-state index is -1.07. The molecule has 19 heavy (non-hydrogen) atoms. The van der Waals surface area contributed by atoms with Crippen LogP contribution in [0.2, 0.25) is 0 Å². The predicted molar refractivity (Wildman–Crippen MR) is 74.3 cm³/mol. The Kier molecular flexibility index (Phi) is 10.2. The van der Waals surface area contributed by atoms with E-state index < -0.39 is 18.0 Å². The van der Waals surface area contributed by atoms with Gasteiger partial charge in [-0.05, 0) is 20.0 Å². The highest BCUT2D eigenvalue weighted by Crippen LogP contribution is 2.09. The summed E-state index contributed by atoms with van der Waals surface area (Å²) in [5.41, 5.74) is 0. The fraction of sp³-hybridized carbons (Fsp3) is 0.857. The lowest BCUT2D eigenvalue weighted by molar-refractivity contribution is -0.149. The number of carbonyl (C=O) groups is 2. The topological polar surface area (TPSA) is 77.8 Å². The highest BCUT2D eigenvalue weighted by molar-refractivity contribution is 5.80. The average molecular weight is 273 g/mol. The van der Waals surface area contributed by atoms with Crippen LogP contribution in [0.5, 0.6) is 0 Å². The third-order valence-corrected chi connectivity index (χ3v) is 3.30. The summed E-state index contributed by atoms with van der Waals surface area (Å²) >= 11 is 0. The molecule has 0 saturated carbocycles. The van der Waals surface area contributed by atoms with Crippen molar-refractivity contribution in [2.75, 3.05) is 13.6 Å². The molecule has 0 fully saturated rings. The summed E-state index contributed by atoms with van der Waals surface area (Å²) < 4.78 is 0. The molecule has 5 heteroatoms. The first-order valence-corrected chi connectivity index (χ1v) is 7.13. The van der Waals surface area contributed by atoms with Crippen molar-refractivity contribution in [2.45, 2.75) is 64.3 Å². The number of nitrogens with zero attached hydrogens (tertiary/aromatic N) is 1. The van der Waals surface area contributed by atoms with Gasteiger partial charge in [-0.1, -0.05) is 45.4 Å². The van der Waals surface area contributed by atoms with Crippen molar-refractivity contribution in [3.05, 3.63) is 0 Å². The van der Waals surface area contributed by atoms with Crippen LogP contribution in [0.25, 0.3) is 0 Å². The number of likely N-dealkylation sites (N-methyl/N-ethyl adjacent to an activating group) is 1. The van der Waals surface area contributed by atoms with Gasteiger partial charge in [0, 0.05) is 0 Å². The van der Waals surface area contributed by atoms with Crippen LogP contribution in [0.3, 0.4) is 0 Å². The first kappa shape index (κ1) is 17.9. The summed E-state index contributed by atoms with van der Waals surface area (Å²) in [6, 6.07) is -0.919. The number of hydrogen-bond donors (Lipinski definition) is 2. The minimum Gasteiger partial charge on any atom is -0.481 e. The number of aliphatic carboxylic acids is 2. The standard InChI is InChI=1S/C14H27NO4/c1-3-4-5-6-7-8-9-10-15(2)12(14(18)19)11-13(16)17/h12H,3-11H2,1-2H3,(H,16,17)(H,18,19)/t12-/m1/s1. The zero-order valence-corrected chi connectivity index (χ0v) is 12.1. The summed E-state index contributed by atoms with van der Waals surface area (Å²) in [6.45, 7) is 2.82. The third kappa shape index (κ3) is 9.47. The highest BCUT2D eigenvalue weighted by Gasteiger charge is 2.24. The van der Waals surface area contributed by atoms with E-state index in [0.29, 0.717) is 6.54 Å². The van der Waals surface area contributed by atoms with Crippen LogP contribution in [0.1, 0.15) is 58.3 Å². The lowest BCUT2D eigenvalue weighted by Crippen LogP contribution is -2.40. The van der Waals surface area contributed by atoms with Crippen molar-refractivity contribution in [2.24, 2.45) is 0 Å². The van der Waals surface area contributed by atoms with Crippen LogP contribution >= 0.6 is 0 Å². The molecule has 0 saturated heterocycles. The van der Waals surface area contributed by atoms with Crippen molar-refractivity contribution in [1.82, 2.24) is 4.90 Å². The summed E-state index contributed by atoms with van der Waals surface area (Å²) in [6.07, 6.45) is 7.84. The maximum atomic E-state index is 11.0. The van der Waals surface area contributed by atoms with Gasteiger partial charge in [0.25, 0.3) is 0 Å². The Balaban J connectivity index is 3.78. The van der Waals surface area contributed by atoms with Gasteiger partial charge in [-0.3, -0.25) is 14.5 Å². The third-order valence-electron chi connectivity index (χ3n) is 3.30. The van der Waals surface area contributed by atoms with E-state index >= 15 is 0 Å². The van der Waals surface area contributed by atoms with Gasteiger partial charge < -0.3 is 10.2 Å². The molecule has 2 N–H and O–H groups in total. The molecule has 0 aromatic heterocycles. The molecule has 0 aromatic carbocycles.